The van der Waals surface area contributed by atoms with Gasteiger partial charge in [-0.3, -0.25) is 0 Å². The summed E-state index contributed by atoms with van der Waals surface area (Å²) < 4.78 is 5.22. The number of piperidine rings is 1. The van der Waals surface area contributed by atoms with Gasteiger partial charge in [-0.2, -0.15) is 0 Å². The fourth-order valence-electron chi connectivity index (χ4n) is 2.80. The Labute approximate surface area is 123 Å². The highest BCUT2D eigenvalue weighted by molar-refractivity contribution is 5.29. The minimum atomic E-state index is 0.391. The van der Waals surface area contributed by atoms with Crippen molar-refractivity contribution in [3.63, 3.8) is 0 Å². The van der Waals surface area contributed by atoms with Crippen LogP contribution < -0.4 is 10.1 Å². The summed E-state index contributed by atoms with van der Waals surface area (Å²) in [4.78, 5) is 2.58. The summed E-state index contributed by atoms with van der Waals surface area (Å²) in [6, 6.07) is 8.79. The molecule has 1 aromatic carbocycles. The number of hydrogen-bond donors (Lipinski definition) is 1. The molecule has 3 heteroatoms. The summed E-state index contributed by atoms with van der Waals surface area (Å²) >= 11 is 0. The lowest BCUT2D eigenvalue weighted by Crippen LogP contribution is -2.41. The Morgan fingerprint density at radius 2 is 1.80 bits per heavy atom. The molecule has 3 nitrogen and oxygen atoms in total. The molecule has 0 amide bonds. The molecule has 1 aliphatic rings. The minimum Gasteiger partial charge on any atom is -0.497 e. The Morgan fingerprint density at radius 1 is 1.20 bits per heavy atom. The number of ether oxygens (including phenoxy) is 1. The molecule has 0 aromatic heterocycles. The van der Waals surface area contributed by atoms with E-state index in [1.54, 1.807) is 7.11 Å². The highest BCUT2D eigenvalue weighted by atomic mass is 16.5. The number of nitrogens with one attached hydrogen (secondary N) is 1. The predicted octanol–water partition coefficient (Wildman–Crippen LogP) is 3.08. The minimum absolute atomic E-state index is 0.391. The molecule has 1 saturated heterocycles. The van der Waals surface area contributed by atoms with Crippen molar-refractivity contribution >= 4 is 0 Å². The fraction of sp³-hybridized carbons (Fsp3) is 0.647. The normalized spacial score (nSPS) is 20.6. The van der Waals surface area contributed by atoms with Crippen molar-refractivity contribution < 1.29 is 4.74 Å². The van der Waals surface area contributed by atoms with E-state index in [1.165, 1.54) is 31.5 Å². The molecular formula is C17H28N2O. The Hall–Kier alpha value is -1.06. The van der Waals surface area contributed by atoms with Gasteiger partial charge >= 0.3 is 0 Å². The molecule has 1 atom stereocenters. The monoisotopic (exact) mass is 276 g/mol. The second-order valence-corrected chi connectivity index (χ2v) is 6.58. The van der Waals surface area contributed by atoms with E-state index in [9.17, 15) is 0 Å². The lowest BCUT2D eigenvalue weighted by Gasteiger charge is -2.38. The molecule has 1 N–H and O–H groups in total. The number of likely N-dealkylation sites (tertiary alicyclic amines) is 1. The molecule has 1 aromatic rings. The lowest BCUT2D eigenvalue weighted by atomic mass is 9.82. The summed E-state index contributed by atoms with van der Waals surface area (Å²) in [6.45, 7) is 8.26. The molecule has 0 aliphatic carbocycles. The largest absolute Gasteiger partial charge is 0.497 e. The SMILES string of the molecule is CNC(CN1CCC(C)(C)CC1)c1ccc(OC)cc1. The van der Waals surface area contributed by atoms with Crippen molar-refractivity contribution in [2.24, 2.45) is 5.41 Å². The first kappa shape index (κ1) is 15.3. The average molecular weight is 276 g/mol. The second-order valence-electron chi connectivity index (χ2n) is 6.58. The van der Waals surface area contributed by atoms with Crippen molar-refractivity contribution in [2.45, 2.75) is 32.7 Å². The molecule has 1 unspecified atom stereocenters. The van der Waals surface area contributed by atoms with E-state index >= 15 is 0 Å². The quantitative estimate of drug-likeness (QED) is 0.894. The van der Waals surface area contributed by atoms with E-state index in [0.717, 1.165) is 12.3 Å². The van der Waals surface area contributed by atoms with Crippen LogP contribution in [0.5, 0.6) is 5.75 Å². The summed E-state index contributed by atoms with van der Waals surface area (Å²) in [5, 5.41) is 3.44. The van der Waals surface area contributed by atoms with Crippen LogP contribution in [0.3, 0.4) is 0 Å². The van der Waals surface area contributed by atoms with E-state index in [4.69, 9.17) is 4.74 Å². The number of rotatable bonds is 5. The second kappa shape index (κ2) is 6.59. The van der Waals surface area contributed by atoms with Gasteiger partial charge < -0.3 is 15.0 Å². The zero-order chi connectivity index (χ0) is 14.6. The molecule has 0 saturated carbocycles. The van der Waals surface area contributed by atoms with Gasteiger partial charge in [0.25, 0.3) is 0 Å². The Morgan fingerprint density at radius 3 is 2.30 bits per heavy atom. The zero-order valence-corrected chi connectivity index (χ0v) is 13.3. The number of benzene rings is 1. The number of nitrogens with zero attached hydrogens (tertiary/aromatic N) is 1. The van der Waals surface area contributed by atoms with Crippen molar-refractivity contribution in [1.29, 1.82) is 0 Å². The van der Waals surface area contributed by atoms with Crippen LogP contribution in [0, 0.1) is 5.41 Å². The van der Waals surface area contributed by atoms with Crippen LogP contribution in [-0.2, 0) is 0 Å². The summed E-state index contributed by atoms with van der Waals surface area (Å²) in [7, 11) is 3.75. The molecule has 112 valence electrons. The van der Waals surface area contributed by atoms with Crippen molar-refractivity contribution in [3.05, 3.63) is 29.8 Å². The van der Waals surface area contributed by atoms with E-state index in [1.807, 2.05) is 19.2 Å². The average Bonchev–Trinajstić information content (AvgIpc) is 2.46. The third-order valence-electron chi connectivity index (χ3n) is 4.52. The van der Waals surface area contributed by atoms with Gasteiger partial charge in [0.15, 0.2) is 0 Å². The van der Waals surface area contributed by atoms with Gasteiger partial charge in [0.1, 0.15) is 5.75 Å². The van der Waals surface area contributed by atoms with Crippen LogP contribution in [-0.4, -0.2) is 38.7 Å². The van der Waals surface area contributed by atoms with Crippen molar-refractivity contribution in [2.75, 3.05) is 33.8 Å². The van der Waals surface area contributed by atoms with Gasteiger partial charge in [0.05, 0.1) is 7.11 Å². The van der Waals surface area contributed by atoms with Crippen LogP contribution in [0.4, 0.5) is 0 Å². The standard InChI is InChI=1S/C17H28N2O/c1-17(2)9-11-19(12-10-17)13-16(18-3)14-5-7-15(20-4)8-6-14/h5-8,16,18H,9-13H2,1-4H3. The van der Waals surface area contributed by atoms with Gasteiger partial charge in [-0.15, -0.1) is 0 Å². The van der Waals surface area contributed by atoms with E-state index < -0.39 is 0 Å². The Kier molecular flexibility index (Phi) is 5.06. The first-order chi connectivity index (χ1) is 9.54. The molecule has 20 heavy (non-hydrogen) atoms. The summed E-state index contributed by atoms with van der Waals surface area (Å²) in [5.74, 6) is 0.920. The summed E-state index contributed by atoms with van der Waals surface area (Å²) in [6.07, 6.45) is 2.60. The molecule has 1 fully saturated rings. The zero-order valence-electron chi connectivity index (χ0n) is 13.3. The molecule has 0 spiro atoms. The van der Waals surface area contributed by atoms with E-state index in [-0.39, 0.29) is 0 Å². The molecular weight excluding hydrogens is 248 g/mol. The Balaban J connectivity index is 1.95. The third kappa shape index (κ3) is 3.97. The highest BCUT2D eigenvalue weighted by Crippen LogP contribution is 2.30. The van der Waals surface area contributed by atoms with Crippen LogP contribution >= 0.6 is 0 Å². The van der Waals surface area contributed by atoms with Crippen LogP contribution in [0.1, 0.15) is 38.3 Å². The van der Waals surface area contributed by atoms with Crippen LogP contribution in [0.15, 0.2) is 24.3 Å². The number of likely N-dealkylation sites (N-methyl/N-ethyl adjacent to an activating group) is 1. The first-order valence-corrected chi connectivity index (χ1v) is 7.58. The fourth-order valence-corrected chi connectivity index (χ4v) is 2.80. The molecule has 2 rings (SSSR count). The van der Waals surface area contributed by atoms with Crippen molar-refractivity contribution in [3.8, 4) is 5.75 Å². The van der Waals surface area contributed by atoms with Crippen LogP contribution in [0.2, 0.25) is 0 Å². The van der Waals surface area contributed by atoms with E-state index in [0.29, 0.717) is 11.5 Å². The first-order valence-electron chi connectivity index (χ1n) is 7.58. The summed E-state index contributed by atoms with van der Waals surface area (Å²) in [5.41, 5.74) is 1.85. The van der Waals surface area contributed by atoms with Gasteiger partial charge in [-0.1, -0.05) is 26.0 Å². The third-order valence-corrected chi connectivity index (χ3v) is 4.52. The molecule has 0 radical (unpaired) electrons. The maximum absolute atomic E-state index is 5.22. The van der Waals surface area contributed by atoms with E-state index in [2.05, 4.69) is 36.2 Å². The van der Waals surface area contributed by atoms with Gasteiger partial charge in [-0.05, 0) is 56.1 Å². The molecule has 1 heterocycles. The van der Waals surface area contributed by atoms with Crippen LogP contribution in [0.25, 0.3) is 0 Å². The highest BCUT2D eigenvalue weighted by Gasteiger charge is 2.26. The topological polar surface area (TPSA) is 24.5 Å². The maximum Gasteiger partial charge on any atom is 0.118 e. The maximum atomic E-state index is 5.22. The molecule has 1 aliphatic heterocycles. The number of hydrogen-bond acceptors (Lipinski definition) is 3. The van der Waals surface area contributed by atoms with Gasteiger partial charge in [-0.25, -0.2) is 0 Å². The predicted molar refractivity (Wildman–Crippen MR) is 84.2 cm³/mol. The smallest absolute Gasteiger partial charge is 0.118 e. The van der Waals surface area contributed by atoms with Crippen molar-refractivity contribution in [1.82, 2.24) is 10.2 Å². The molecule has 0 bridgehead atoms. The van der Waals surface area contributed by atoms with Gasteiger partial charge in [0.2, 0.25) is 0 Å². The van der Waals surface area contributed by atoms with Gasteiger partial charge in [0, 0.05) is 12.6 Å². The Bertz CT molecular complexity index is 404. The number of methoxy groups -OCH3 is 1. The lowest BCUT2D eigenvalue weighted by molar-refractivity contribution is 0.123.